The second-order valence-corrected chi connectivity index (χ2v) is 6.51. The van der Waals surface area contributed by atoms with E-state index in [1.54, 1.807) is 31.2 Å². The number of carbonyl (C=O) groups is 2. The Kier molecular flexibility index (Phi) is 5.16. The molecule has 0 saturated heterocycles. The van der Waals surface area contributed by atoms with Crippen LogP contribution in [0.25, 0.3) is 0 Å². The van der Waals surface area contributed by atoms with Crippen molar-refractivity contribution in [2.75, 3.05) is 18.3 Å². The lowest BCUT2D eigenvalue weighted by Gasteiger charge is -2.04. The first kappa shape index (κ1) is 14.5. The van der Waals surface area contributed by atoms with Crippen molar-refractivity contribution in [2.45, 2.75) is 6.92 Å². The highest BCUT2D eigenvalue weighted by Gasteiger charge is 2.14. The molecule has 18 heavy (non-hydrogen) atoms. The lowest BCUT2D eigenvalue weighted by Crippen LogP contribution is -2.14. The molecule has 0 aliphatic heterocycles. The first-order chi connectivity index (χ1) is 8.40. The minimum absolute atomic E-state index is 0.0867. The molecule has 0 atom stereocenters. The standard InChI is InChI=1S/C14H17O3S/c1-10(2)14(16)17-12-7-5-11(6-8-12)13(15)9-18(3)4/h5-8H,1,9H2,2-4H3/q+1. The van der Waals surface area contributed by atoms with Crippen LogP contribution >= 0.6 is 0 Å². The van der Waals surface area contributed by atoms with Crippen LogP contribution in [-0.2, 0) is 15.7 Å². The molecule has 0 bridgehead atoms. The quantitative estimate of drug-likeness (QED) is 0.269. The van der Waals surface area contributed by atoms with Crippen LogP contribution in [0.4, 0.5) is 0 Å². The third-order valence-corrected chi connectivity index (χ3v) is 2.99. The number of Topliss-reactive ketones (excluding diaryl/α,β-unsaturated/α-hetero) is 1. The minimum atomic E-state index is -0.460. The largest absolute Gasteiger partial charge is 0.423 e. The van der Waals surface area contributed by atoms with Crippen molar-refractivity contribution in [3.05, 3.63) is 42.0 Å². The summed E-state index contributed by atoms with van der Waals surface area (Å²) in [7, 11) is 0.0867. The summed E-state index contributed by atoms with van der Waals surface area (Å²) >= 11 is 0. The van der Waals surface area contributed by atoms with E-state index in [0.29, 0.717) is 22.6 Å². The highest BCUT2D eigenvalue weighted by molar-refractivity contribution is 7.96. The number of rotatable bonds is 5. The molecule has 0 aliphatic carbocycles. The molecule has 1 aromatic carbocycles. The maximum absolute atomic E-state index is 11.8. The summed E-state index contributed by atoms with van der Waals surface area (Å²) in [6.07, 6.45) is 4.06. The van der Waals surface area contributed by atoms with Crippen LogP contribution in [0.5, 0.6) is 5.75 Å². The molecule has 0 unspecified atom stereocenters. The van der Waals surface area contributed by atoms with Crippen molar-refractivity contribution < 1.29 is 14.3 Å². The van der Waals surface area contributed by atoms with Gasteiger partial charge in [-0.1, -0.05) is 6.58 Å². The third-order valence-electron chi connectivity index (χ3n) is 2.16. The summed E-state index contributed by atoms with van der Waals surface area (Å²) in [6.45, 7) is 5.09. The third kappa shape index (κ3) is 4.37. The Morgan fingerprint density at radius 3 is 2.22 bits per heavy atom. The fraction of sp³-hybridized carbons (Fsp3) is 0.286. The fourth-order valence-electron chi connectivity index (χ4n) is 1.25. The van der Waals surface area contributed by atoms with Crippen LogP contribution in [0.15, 0.2) is 36.4 Å². The van der Waals surface area contributed by atoms with Gasteiger partial charge in [-0.2, -0.15) is 0 Å². The number of carbonyl (C=O) groups excluding carboxylic acids is 2. The molecule has 1 rings (SSSR count). The van der Waals surface area contributed by atoms with Gasteiger partial charge in [0.15, 0.2) is 5.75 Å². The summed E-state index contributed by atoms with van der Waals surface area (Å²) in [5.74, 6) is 0.621. The molecule has 0 spiro atoms. The highest BCUT2D eigenvalue weighted by atomic mass is 32.2. The van der Waals surface area contributed by atoms with Gasteiger partial charge in [0.1, 0.15) is 5.75 Å². The van der Waals surface area contributed by atoms with Crippen molar-refractivity contribution >= 4 is 22.6 Å². The lowest BCUT2D eigenvalue weighted by atomic mass is 10.1. The first-order valence-corrected chi connectivity index (χ1v) is 7.66. The molecule has 0 saturated carbocycles. The Labute approximate surface area is 110 Å². The minimum Gasteiger partial charge on any atom is -0.423 e. The van der Waals surface area contributed by atoms with Crippen LogP contribution in [0.1, 0.15) is 17.3 Å². The number of hydrogen-bond donors (Lipinski definition) is 0. The molecule has 0 N–H and O–H groups in total. The van der Waals surface area contributed by atoms with Crippen molar-refractivity contribution in [3.8, 4) is 5.75 Å². The first-order valence-electron chi connectivity index (χ1n) is 5.45. The van der Waals surface area contributed by atoms with Gasteiger partial charge >= 0.3 is 5.97 Å². The number of benzene rings is 1. The Morgan fingerprint density at radius 1 is 1.22 bits per heavy atom. The molecule has 0 amide bonds. The number of hydrogen-bond acceptors (Lipinski definition) is 3. The molecule has 0 fully saturated rings. The SMILES string of the molecule is C=C(C)C(=O)Oc1ccc(C(=O)C[S+](C)C)cc1. The van der Waals surface area contributed by atoms with Gasteiger partial charge in [-0.3, -0.25) is 4.79 Å². The van der Waals surface area contributed by atoms with Crippen LogP contribution in [0.2, 0.25) is 0 Å². The van der Waals surface area contributed by atoms with Gasteiger partial charge in [0.25, 0.3) is 0 Å². The van der Waals surface area contributed by atoms with E-state index in [0.717, 1.165) is 0 Å². The molecule has 0 aliphatic rings. The van der Waals surface area contributed by atoms with Crippen molar-refractivity contribution in [1.29, 1.82) is 0 Å². The van der Waals surface area contributed by atoms with E-state index in [9.17, 15) is 9.59 Å². The average molecular weight is 265 g/mol. The Hall–Kier alpha value is -1.55. The van der Waals surface area contributed by atoms with Gasteiger partial charge in [0.2, 0.25) is 5.78 Å². The van der Waals surface area contributed by atoms with E-state index in [4.69, 9.17) is 4.74 Å². The van der Waals surface area contributed by atoms with Crippen LogP contribution in [0, 0.1) is 0 Å². The molecule has 96 valence electrons. The van der Waals surface area contributed by atoms with Gasteiger partial charge < -0.3 is 4.74 Å². The van der Waals surface area contributed by atoms with Crippen molar-refractivity contribution in [2.24, 2.45) is 0 Å². The fourth-order valence-corrected chi connectivity index (χ4v) is 1.94. The zero-order chi connectivity index (χ0) is 13.7. The summed E-state index contributed by atoms with van der Waals surface area (Å²) in [5, 5.41) is 0. The molecule has 0 radical (unpaired) electrons. The van der Waals surface area contributed by atoms with E-state index in [2.05, 4.69) is 6.58 Å². The zero-order valence-electron chi connectivity index (χ0n) is 10.9. The normalized spacial score (nSPS) is 10.2. The smallest absolute Gasteiger partial charge is 0.338 e. The number of esters is 1. The second-order valence-electron chi connectivity index (χ2n) is 4.25. The number of ketones is 1. The molecular formula is C14H17O3S+. The highest BCUT2D eigenvalue weighted by Crippen LogP contribution is 2.14. The van der Waals surface area contributed by atoms with Gasteiger partial charge in [0.05, 0.1) is 12.5 Å². The van der Waals surface area contributed by atoms with Crippen LogP contribution in [-0.4, -0.2) is 30.0 Å². The number of ether oxygens (including phenoxy) is 1. The predicted octanol–water partition coefficient (Wildman–Crippen LogP) is 2.23. The summed E-state index contributed by atoms with van der Waals surface area (Å²) in [4.78, 5) is 23.1. The van der Waals surface area contributed by atoms with Gasteiger partial charge in [0, 0.05) is 11.1 Å². The Balaban J connectivity index is 2.71. The maximum Gasteiger partial charge on any atom is 0.338 e. The topological polar surface area (TPSA) is 43.4 Å². The Bertz CT molecular complexity index is 460. The van der Waals surface area contributed by atoms with Gasteiger partial charge in [-0.05, 0) is 42.1 Å². The van der Waals surface area contributed by atoms with E-state index >= 15 is 0 Å². The van der Waals surface area contributed by atoms with E-state index < -0.39 is 5.97 Å². The molecule has 4 heteroatoms. The van der Waals surface area contributed by atoms with Crippen LogP contribution in [0.3, 0.4) is 0 Å². The van der Waals surface area contributed by atoms with Gasteiger partial charge in [-0.15, -0.1) is 0 Å². The summed E-state index contributed by atoms with van der Waals surface area (Å²) in [5.41, 5.74) is 0.988. The molecule has 1 aromatic rings. The predicted molar refractivity (Wildman–Crippen MR) is 75.3 cm³/mol. The molecule has 3 nitrogen and oxygen atoms in total. The zero-order valence-corrected chi connectivity index (χ0v) is 11.7. The average Bonchev–Trinajstić information content (AvgIpc) is 2.28. The lowest BCUT2D eigenvalue weighted by molar-refractivity contribution is -0.130. The van der Waals surface area contributed by atoms with E-state index in [1.807, 2.05) is 12.5 Å². The van der Waals surface area contributed by atoms with Crippen molar-refractivity contribution in [3.63, 3.8) is 0 Å². The molecule has 0 aromatic heterocycles. The molecule has 0 heterocycles. The van der Waals surface area contributed by atoms with Gasteiger partial charge in [-0.25, -0.2) is 4.79 Å². The maximum atomic E-state index is 11.8. The monoisotopic (exact) mass is 265 g/mol. The summed E-state index contributed by atoms with van der Waals surface area (Å²) < 4.78 is 5.04. The second kappa shape index (κ2) is 6.40. The van der Waals surface area contributed by atoms with E-state index in [-0.39, 0.29) is 16.7 Å². The van der Waals surface area contributed by atoms with E-state index in [1.165, 1.54) is 0 Å². The molecular weight excluding hydrogens is 248 g/mol. The van der Waals surface area contributed by atoms with Crippen molar-refractivity contribution in [1.82, 2.24) is 0 Å². The Morgan fingerprint density at radius 2 is 1.78 bits per heavy atom. The summed E-state index contributed by atoms with van der Waals surface area (Å²) in [6, 6.07) is 6.60. The van der Waals surface area contributed by atoms with Crippen LogP contribution < -0.4 is 4.74 Å².